The summed E-state index contributed by atoms with van der Waals surface area (Å²) in [7, 11) is -4.10. The predicted molar refractivity (Wildman–Crippen MR) is 68.4 cm³/mol. The fraction of sp³-hybridized carbons (Fsp3) is 0.167. The van der Waals surface area contributed by atoms with E-state index >= 15 is 0 Å². The summed E-state index contributed by atoms with van der Waals surface area (Å²) in [6, 6.07) is 4.55. The van der Waals surface area contributed by atoms with E-state index in [0.29, 0.717) is 18.2 Å². The maximum absolute atomic E-state index is 13.5. The fourth-order valence-corrected chi connectivity index (χ4v) is 2.72. The molecule has 1 heterocycles. The van der Waals surface area contributed by atoms with Gasteiger partial charge in [-0.3, -0.25) is 0 Å². The van der Waals surface area contributed by atoms with E-state index in [2.05, 4.69) is 4.72 Å². The molecule has 0 saturated carbocycles. The highest BCUT2D eigenvalue weighted by atomic mass is 32.2. The monoisotopic (exact) mass is 302 g/mol. The van der Waals surface area contributed by atoms with Crippen LogP contribution in [0.4, 0.5) is 14.5 Å². The third-order valence-electron chi connectivity index (χ3n) is 2.58. The van der Waals surface area contributed by atoms with Crippen molar-refractivity contribution >= 4 is 15.7 Å². The van der Waals surface area contributed by atoms with Gasteiger partial charge in [0.25, 0.3) is 0 Å². The third-order valence-corrected chi connectivity index (χ3v) is 4.06. The molecule has 2 aromatic rings. The van der Waals surface area contributed by atoms with E-state index in [1.165, 1.54) is 6.26 Å². The zero-order valence-electron chi connectivity index (χ0n) is 10.3. The molecule has 0 amide bonds. The Kier molecular flexibility index (Phi) is 4.05. The van der Waals surface area contributed by atoms with Gasteiger partial charge in [-0.15, -0.1) is 0 Å². The minimum absolute atomic E-state index is 0.0204. The molecule has 3 N–H and O–H groups in total. The molecule has 20 heavy (non-hydrogen) atoms. The van der Waals surface area contributed by atoms with Gasteiger partial charge in [0.15, 0.2) is 0 Å². The van der Waals surface area contributed by atoms with Gasteiger partial charge in [-0.2, -0.15) is 0 Å². The maximum atomic E-state index is 13.5. The van der Waals surface area contributed by atoms with Crippen LogP contribution in [0, 0.1) is 11.6 Å². The normalized spacial score (nSPS) is 11.7. The zero-order valence-corrected chi connectivity index (χ0v) is 11.1. The van der Waals surface area contributed by atoms with Crippen molar-refractivity contribution in [2.75, 3.05) is 12.3 Å². The Morgan fingerprint density at radius 3 is 2.65 bits per heavy atom. The number of halogens is 2. The average molecular weight is 302 g/mol. The molecule has 1 aromatic carbocycles. The summed E-state index contributed by atoms with van der Waals surface area (Å²) in [5, 5.41) is 0. The number of nitrogens with one attached hydrogen (secondary N) is 1. The second kappa shape index (κ2) is 5.59. The molecule has 0 aliphatic heterocycles. The lowest BCUT2D eigenvalue weighted by molar-refractivity contribution is 0.505. The molecule has 8 heteroatoms. The Hall–Kier alpha value is -1.93. The smallest absolute Gasteiger partial charge is 0.243 e. The number of rotatable bonds is 5. The van der Waals surface area contributed by atoms with Gasteiger partial charge in [-0.05, 0) is 18.2 Å². The minimum atomic E-state index is -4.10. The first kappa shape index (κ1) is 14.5. The Bertz CT molecular complexity index is 700. The number of furan rings is 1. The molecular weight excluding hydrogens is 290 g/mol. The lowest BCUT2D eigenvalue weighted by atomic mass is 10.3. The van der Waals surface area contributed by atoms with E-state index in [1.54, 1.807) is 12.1 Å². The van der Waals surface area contributed by atoms with Crippen molar-refractivity contribution in [3.8, 4) is 0 Å². The topological polar surface area (TPSA) is 85.3 Å². The number of hydrogen-bond donors (Lipinski definition) is 2. The molecule has 0 bridgehead atoms. The first-order chi connectivity index (χ1) is 9.40. The molecule has 0 saturated heterocycles. The highest BCUT2D eigenvalue weighted by Crippen LogP contribution is 2.20. The fourth-order valence-electron chi connectivity index (χ4n) is 1.59. The van der Waals surface area contributed by atoms with Crippen LogP contribution < -0.4 is 10.5 Å². The summed E-state index contributed by atoms with van der Waals surface area (Å²) in [6.45, 7) is 0.0204. The number of benzene rings is 1. The van der Waals surface area contributed by atoms with Crippen LogP contribution in [0.25, 0.3) is 0 Å². The van der Waals surface area contributed by atoms with Crippen LogP contribution >= 0.6 is 0 Å². The molecule has 0 aliphatic carbocycles. The van der Waals surface area contributed by atoms with Gasteiger partial charge in [-0.25, -0.2) is 21.9 Å². The Balaban J connectivity index is 2.12. The first-order valence-electron chi connectivity index (χ1n) is 5.67. The van der Waals surface area contributed by atoms with Crippen LogP contribution in [-0.4, -0.2) is 15.0 Å². The van der Waals surface area contributed by atoms with Crippen LogP contribution in [0.15, 0.2) is 39.8 Å². The van der Waals surface area contributed by atoms with Crippen molar-refractivity contribution in [3.63, 3.8) is 0 Å². The van der Waals surface area contributed by atoms with Crippen molar-refractivity contribution in [2.45, 2.75) is 11.3 Å². The minimum Gasteiger partial charge on any atom is -0.469 e. The predicted octanol–water partition coefficient (Wildman–Crippen LogP) is 1.66. The Morgan fingerprint density at radius 1 is 1.25 bits per heavy atom. The Labute approximate surface area is 114 Å². The molecule has 0 fully saturated rings. The molecule has 0 radical (unpaired) electrons. The van der Waals surface area contributed by atoms with Gasteiger partial charge in [-0.1, -0.05) is 0 Å². The maximum Gasteiger partial charge on any atom is 0.243 e. The van der Waals surface area contributed by atoms with Crippen LogP contribution in [0.3, 0.4) is 0 Å². The van der Waals surface area contributed by atoms with E-state index in [-0.39, 0.29) is 6.54 Å². The largest absolute Gasteiger partial charge is 0.469 e. The van der Waals surface area contributed by atoms with Crippen molar-refractivity contribution in [1.29, 1.82) is 0 Å². The second-order valence-corrected chi connectivity index (χ2v) is 5.77. The zero-order chi connectivity index (χ0) is 14.8. The van der Waals surface area contributed by atoms with E-state index in [0.717, 1.165) is 6.07 Å². The second-order valence-electron chi connectivity index (χ2n) is 4.03. The summed E-state index contributed by atoms with van der Waals surface area (Å²) < 4.78 is 57.5. The van der Waals surface area contributed by atoms with Crippen molar-refractivity contribution in [2.24, 2.45) is 0 Å². The summed E-state index contributed by atoms with van der Waals surface area (Å²) in [5.74, 6) is -1.61. The van der Waals surface area contributed by atoms with Crippen molar-refractivity contribution < 1.29 is 21.6 Å². The van der Waals surface area contributed by atoms with Gasteiger partial charge in [0.1, 0.15) is 22.3 Å². The Morgan fingerprint density at radius 2 is 2.00 bits per heavy atom. The molecule has 108 valence electrons. The van der Waals surface area contributed by atoms with Crippen molar-refractivity contribution in [1.82, 2.24) is 4.72 Å². The summed E-state index contributed by atoms with van der Waals surface area (Å²) in [5.41, 5.74) is 4.81. The number of nitrogen functional groups attached to an aromatic ring is 1. The van der Waals surface area contributed by atoms with Crippen LogP contribution in [0.1, 0.15) is 5.76 Å². The molecule has 0 atom stereocenters. The highest BCUT2D eigenvalue weighted by molar-refractivity contribution is 7.89. The van der Waals surface area contributed by atoms with Crippen molar-refractivity contribution in [3.05, 3.63) is 47.9 Å². The first-order valence-corrected chi connectivity index (χ1v) is 7.15. The molecule has 0 spiro atoms. The lowest BCUT2D eigenvalue weighted by Crippen LogP contribution is -2.27. The third kappa shape index (κ3) is 3.14. The van der Waals surface area contributed by atoms with Gasteiger partial charge >= 0.3 is 0 Å². The van der Waals surface area contributed by atoms with E-state index in [1.807, 2.05) is 0 Å². The average Bonchev–Trinajstić information content (AvgIpc) is 2.86. The molecule has 1 aromatic heterocycles. The van der Waals surface area contributed by atoms with Gasteiger partial charge < -0.3 is 10.2 Å². The number of anilines is 1. The van der Waals surface area contributed by atoms with E-state index in [4.69, 9.17) is 10.2 Å². The lowest BCUT2D eigenvalue weighted by Gasteiger charge is -2.08. The number of sulfonamides is 1. The molecule has 0 aliphatic rings. The van der Waals surface area contributed by atoms with Gasteiger partial charge in [0, 0.05) is 19.0 Å². The van der Waals surface area contributed by atoms with Gasteiger partial charge in [0.2, 0.25) is 10.0 Å². The summed E-state index contributed by atoms with van der Waals surface area (Å²) >= 11 is 0. The van der Waals surface area contributed by atoms with E-state index in [9.17, 15) is 17.2 Å². The van der Waals surface area contributed by atoms with Crippen LogP contribution in [0.5, 0.6) is 0 Å². The van der Waals surface area contributed by atoms with Crippen LogP contribution in [-0.2, 0) is 16.4 Å². The summed E-state index contributed by atoms with van der Waals surface area (Å²) in [4.78, 5) is -0.684. The molecule has 5 nitrogen and oxygen atoms in total. The SMILES string of the molecule is Nc1cc(S(=O)(=O)NCCc2ccco2)c(F)cc1F. The van der Waals surface area contributed by atoms with E-state index < -0.39 is 32.2 Å². The molecule has 0 unspecified atom stereocenters. The number of nitrogens with two attached hydrogens (primary N) is 1. The standard InChI is InChI=1S/C12H12F2N2O3S/c13-9-6-10(14)12(7-11(9)15)20(17,18)16-4-3-8-2-1-5-19-8/h1-2,5-7,16H,3-4,15H2. The summed E-state index contributed by atoms with van der Waals surface area (Å²) in [6.07, 6.45) is 1.77. The quantitative estimate of drug-likeness (QED) is 0.823. The van der Waals surface area contributed by atoms with Crippen LogP contribution in [0.2, 0.25) is 0 Å². The molecular formula is C12H12F2N2O3S. The number of hydrogen-bond acceptors (Lipinski definition) is 4. The highest BCUT2D eigenvalue weighted by Gasteiger charge is 2.20. The molecule has 2 rings (SSSR count). The van der Waals surface area contributed by atoms with Gasteiger partial charge in [0.05, 0.1) is 12.0 Å².